The zero-order valence-corrected chi connectivity index (χ0v) is 21.7. The normalized spacial score (nSPS) is 14.6. The SMILES string of the molecule is CCNC(=NCC(CCO)CC(C)C)NCCCC(=O)N1CCc2ccccc2C1.I. The molecule has 176 valence electrons. The molecule has 0 aromatic heterocycles. The Morgan fingerprint density at radius 3 is 2.65 bits per heavy atom. The maximum absolute atomic E-state index is 12.6. The van der Waals surface area contributed by atoms with Gasteiger partial charge in [-0.15, -0.1) is 24.0 Å². The van der Waals surface area contributed by atoms with Gasteiger partial charge in [0.2, 0.25) is 5.91 Å². The van der Waals surface area contributed by atoms with Gasteiger partial charge in [0.15, 0.2) is 5.96 Å². The lowest BCUT2D eigenvalue weighted by atomic mass is 9.94. The lowest BCUT2D eigenvalue weighted by molar-refractivity contribution is -0.132. The fourth-order valence-electron chi connectivity index (χ4n) is 4.01. The molecule has 1 aliphatic heterocycles. The Kier molecular flexibility index (Phi) is 13.8. The van der Waals surface area contributed by atoms with E-state index in [1.54, 1.807) is 0 Å². The van der Waals surface area contributed by atoms with Crippen molar-refractivity contribution in [3.63, 3.8) is 0 Å². The highest BCUT2D eigenvalue weighted by Gasteiger charge is 2.19. The van der Waals surface area contributed by atoms with Gasteiger partial charge in [0, 0.05) is 45.8 Å². The van der Waals surface area contributed by atoms with Gasteiger partial charge >= 0.3 is 0 Å². The fraction of sp³-hybridized carbons (Fsp3) is 0.667. The number of carbonyl (C=O) groups is 1. The van der Waals surface area contributed by atoms with Gasteiger partial charge in [-0.25, -0.2) is 0 Å². The highest BCUT2D eigenvalue weighted by Crippen LogP contribution is 2.19. The Morgan fingerprint density at radius 1 is 1.23 bits per heavy atom. The minimum Gasteiger partial charge on any atom is -0.396 e. The third-order valence-corrected chi connectivity index (χ3v) is 5.54. The Balaban J connectivity index is 0.00000480. The highest BCUT2D eigenvalue weighted by atomic mass is 127. The van der Waals surface area contributed by atoms with Crippen molar-refractivity contribution in [2.24, 2.45) is 16.8 Å². The number of fused-ring (bicyclic) bond motifs is 1. The highest BCUT2D eigenvalue weighted by molar-refractivity contribution is 14.0. The molecule has 31 heavy (non-hydrogen) atoms. The number of guanidine groups is 1. The van der Waals surface area contributed by atoms with E-state index in [1.165, 1.54) is 11.1 Å². The number of hydrogen-bond acceptors (Lipinski definition) is 3. The summed E-state index contributed by atoms with van der Waals surface area (Å²) in [5, 5.41) is 15.9. The molecule has 1 unspecified atom stereocenters. The van der Waals surface area contributed by atoms with Gasteiger partial charge in [0.05, 0.1) is 0 Å². The van der Waals surface area contributed by atoms with Crippen molar-refractivity contribution in [3.05, 3.63) is 35.4 Å². The summed E-state index contributed by atoms with van der Waals surface area (Å²) in [6.45, 7) is 10.4. The number of aliphatic imine (C=N–C) groups is 1. The smallest absolute Gasteiger partial charge is 0.222 e. The van der Waals surface area contributed by atoms with Crippen molar-refractivity contribution < 1.29 is 9.90 Å². The number of carbonyl (C=O) groups excluding carboxylic acids is 1. The van der Waals surface area contributed by atoms with Crippen LogP contribution in [-0.4, -0.2) is 54.7 Å². The van der Waals surface area contributed by atoms with Gasteiger partial charge in [-0.3, -0.25) is 9.79 Å². The molecular weight excluding hydrogens is 503 g/mol. The van der Waals surface area contributed by atoms with E-state index >= 15 is 0 Å². The molecule has 0 saturated heterocycles. The summed E-state index contributed by atoms with van der Waals surface area (Å²) < 4.78 is 0. The van der Waals surface area contributed by atoms with E-state index in [2.05, 4.69) is 42.7 Å². The van der Waals surface area contributed by atoms with Crippen molar-refractivity contribution in [2.75, 3.05) is 32.8 Å². The summed E-state index contributed by atoms with van der Waals surface area (Å²) in [5.41, 5.74) is 2.64. The lowest BCUT2D eigenvalue weighted by Crippen LogP contribution is -2.39. The van der Waals surface area contributed by atoms with Gasteiger partial charge in [-0.2, -0.15) is 0 Å². The molecule has 0 fully saturated rings. The van der Waals surface area contributed by atoms with Crippen LogP contribution in [0.5, 0.6) is 0 Å². The minimum absolute atomic E-state index is 0. The van der Waals surface area contributed by atoms with Gasteiger partial charge in [-0.1, -0.05) is 38.1 Å². The van der Waals surface area contributed by atoms with Crippen LogP contribution in [0, 0.1) is 11.8 Å². The fourth-order valence-corrected chi connectivity index (χ4v) is 4.01. The summed E-state index contributed by atoms with van der Waals surface area (Å²) in [4.78, 5) is 19.3. The van der Waals surface area contributed by atoms with Crippen LogP contribution in [0.15, 0.2) is 29.3 Å². The molecule has 0 aliphatic carbocycles. The summed E-state index contributed by atoms with van der Waals surface area (Å²) in [6, 6.07) is 8.40. The lowest BCUT2D eigenvalue weighted by Gasteiger charge is -2.29. The zero-order valence-electron chi connectivity index (χ0n) is 19.4. The number of amides is 1. The largest absolute Gasteiger partial charge is 0.396 e. The summed E-state index contributed by atoms with van der Waals surface area (Å²) >= 11 is 0. The number of nitrogens with one attached hydrogen (secondary N) is 2. The first-order valence-corrected chi connectivity index (χ1v) is 11.5. The predicted octanol–water partition coefficient (Wildman–Crippen LogP) is 3.57. The second-order valence-corrected chi connectivity index (χ2v) is 8.59. The summed E-state index contributed by atoms with van der Waals surface area (Å²) in [7, 11) is 0. The Labute approximate surface area is 205 Å². The first kappa shape index (κ1) is 27.7. The molecule has 1 heterocycles. The number of nitrogens with zero attached hydrogens (tertiary/aromatic N) is 2. The van der Waals surface area contributed by atoms with E-state index in [0.29, 0.717) is 24.8 Å². The van der Waals surface area contributed by atoms with Crippen molar-refractivity contribution in [3.8, 4) is 0 Å². The molecule has 7 heteroatoms. The van der Waals surface area contributed by atoms with Crippen molar-refractivity contribution >= 4 is 35.8 Å². The van der Waals surface area contributed by atoms with Crippen LogP contribution < -0.4 is 10.6 Å². The van der Waals surface area contributed by atoms with E-state index < -0.39 is 0 Å². The molecule has 1 aromatic rings. The number of aliphatic hydroxyl groups is 1. The first-order chi connectivity index (χ1) is 14.5. The molecule has 1 aliphatic rings. The number of hydrogen-bond donors (Lipinski definition) is 3. The number of rotatable bonds is 11. The molecule has 1 amide bonds. The van der Waals surface area contributed by atoms with Gasteiger partial charge in [-0.05, 0) is 55.6 Å². The number of benzene rings is 1. The molecule has 0 bridgehead atoms. The average molecular weight is 545 g/mol. The van der Waals surface area contributed by atoms with Crippen LogP contribution in [0.4, 0.5) is 0 Å². The van der Waals surface area contributed by atoms with Crippen molar-refractivity contribution in [1.29, 1.82) is 0 Å². The van der Waals surface area contributed by atoms with Gasteiger partial charge < -0.3 is 20.6 Å². The summed E-state index contributed by atoms with van der Waals surface area (Å²) in [5.74, 6) is 2.02. The Morgan fingerprint density at radius 2 is 1.97 bits per heavy atom. The number of aliphatic hydroxyl groups excluding tert-OH is 1. The second-order valence-electron chi connectivity index (χ2n) is 8.59. The van der Waals surface area contributed by atoms with Crippen LogP contribution in [0.1, 0.15) is 57.6 Å². The van der Waals surface area contributed by atoms with E-state index in [1.807, 2.05) is 17.9 Å². The van der Waals surface area contributed by atoms with Gasteiger partial charge in [0.25, 0.3) is 0 Å². The van der Waals surface area contributed by atoms with E-state index in [4.69, 9.17) is 4.99 Å². The third kappa shape index (κ3) is 10.2. The number of halogens is 1. The molecule has 1 atom stereocenters. The molecule has 0 spiro atoms. The van der Waals surface area contributed by atoms with Crippen molar-refractivity contribution in [2.45, 2.75) is 59.4 Å². The first-order valence-electron chi connectivity index (χ1n) is 11.5. The van der Waals surface area contributed by atoms with E-state index in [0.717, 1.165) is 57.8 Å². The maximum atomic E-state index is 12.6. The predicted molar refractivity (Wildman–Crippen MR) is 139 cm³/mol. The quantitative estimate of drug-likeness (QED) is 0.172. The van der Waals surface area contributed by atoms with Gasteiger partial charge in [0.1, 0.15) is 0 Å². The molecule has 6 nitrogen and oxygen atoms in total. The van der Waals surface area contributed by atoms with Crippen LogP contribution in [-0.2, 0) is 17.8 Å². The maximum Gasteiger partial charge on any atom is 0.222 e. The monoisotopic (exact) mass is 544 g/mol. The van der Waals surface area contributed by atoms with Crippen LogP contribution in [0.25, 0.3) is 0 Å². The summed E-state index contributed by atoms with van der Waals surface area (Å²) in [6.07, 6.45) is 4.14. The van der Waals surface area contributed by atoms with E-state index in [9.17, 15) is 9.90 Å². The molecule has 2 rings (SSSR count). The Bertz CT molecular complexity index is 681. The molecule has 1 aromatic carbocycles. The Hall–Kier alpha value is -1.35. The van der Waals surface area contributed by atoms with Crippen molar-refractivity contribution in [1.82, 2.24) is 15.5 Å². The molecule has 0 saturated carbocycles. The standard InChI is InChI=1S/C24H40N4O2.HI/c1-4-25-24(27-17-20(12-15-29)16-19(2)3)26-13-7-10-23(30)28-14-11-21-8-5-6-9-22(21)18-28;/h5-6,8-9,19-20,29H,4,7,10-18H2,1-3H3,(H2,25,26,27);1H. The third-order valence-electron chi connectivity index (χ3n) is 5.54. The average Bonchev–Trinajstić information content (AvgIpc) is 2.74. The minimum atomic E-state index is 0. The molecule has 3 N–H and O–H groups in total. The topological polar surface area (TPSA) is 77.0 Å². The van der Waals surface area contributed by atoms with E-state index in [-0.39, 0.29) is 36.5 Å². The van der Waals surface area contributed by atoms with Crippen LogP contribution >= 0.6 is 24.0 Å². The zero-order chi connectivity index (χ0) is 21.8. The van der Waals surface area contributed by atoms with Crippen LogP contribution in [0.2, 0.25) is 0 Å². The molecular formula is C24H41IN4O2. The second kappa shape index (κ2) is 15.5. The van der Waals surface area contributed by atoms with Crippen LogP contribution in [0.3, 0.4) is 0 Å². The molecule has 0 radical (unpaired) electrons.